The minimum atomic E-state index is 0.993. The zero-order chi connectivity index (χ0) is 10.4. The van der Waals surface area contributed by atoms with Crippen molar-refractivity contribution in [1.82, 2.24) is 19.5 Å². The van der Waals surface area contributed by atoms with Crippen molar-refractivity contribution in [2.75, 3.05) is 0 Å². The summed E-state index contributed by atoms with van der Waals surface area (Å²) in [5, 5.41) is 0. The van der Waals surface area contributed by atoms with Crippen LogP contribution in [0, 0.1) is 6.92 Å². The summed E-state index contributed by atoms with van der Waals surface area (Å²) in [7, 11) is 1.97. The summed E-state index contributed by atoms with van der Waals surface area (Å²) in [6.07, 6.45) is 8.30. The predicted molar refractivity (Wildman–Crippen MR) is 55.9 cm³/mol. The number of aryl methyl sites for hydroxylation is 3. The summed E-state index contributed by atoms with van der Waals surface area (Å²) in [5.41, 5.74) is 0. The zero-order valence-electron chi connectivity index (χ0n) is 8.86. The van der Waals surface area contributed by atoms with Crippen molar-refractivity contribution in [3.05, 3.63) is 36.4 Å². The fourth-order valence-electron chi connectivity index (χ4n) is 0.931. The molecule has 14 heavy (non-hydrogen) atoms. The van der Waals surface area contributed by atoms with E-state index >= 15 is 0 Å². The number of rotatable bonds is 1. The maximum atomic E-state index is 3.98. The summed E-state index contributed by atoms with van der Waals surface area (Å²) in [6.45, 7) is 4.04. The molecule has 4 nitrogen and oxygen atoms in total. The molecule has 0 amide bonds. The molecular weight excluding hydrogens is 176 g/mol. The van der Waals surface area contributed by atoms with E-state index in [0.717, 1.165) is 18.1 Å². The molecule has 2 rings (SSSR count). The number of nitrogens with one attached hydrogen (secondary N) is 1. The van der Waals surface area contributed by atoms with E-state index in [-0.39, 0.29) is 0 Å². The molecule has 76 valence electrons. The van der Waals surface area contributed by atoms with E-state index in [2.05, 4.69) is 21.9 Å². The van der Waals surface area contributed by atoms with Crippen LogP contribution in [0.2, 0.25) is 0 Å². The van der Waals surface area contributed by atoms with Crippen LogP contribution in [0.5, 0.6) is 0 Å². The van der Waals surface area contributed by atoms with Crippen LogP contribution in [0.3, 0.4) is 0 Å². The second-order valence-electron chi connectivity index (χ2n) is 2.97. The van der Waals surface area contributed by atoms with E-state index in [1.807, 2.05) is 30.9 Å². The van der Waals surface area contributed by atoms with E-state index in [0.29, 0.717) is 0 Å². The van der Waals surface area contributed by atoms with Crippen LogP contribution in [-0.4, -0.2) is 19.5 Å². The van der Waals surface area contributed by atoms with Gasteiger partial charge in [0.15, 0.2) is 0 Å². The molecule has 0 saturated heterocycles. The third-order valence-corrected chi connectivity index (χ3v) is 1.95. The van der Waals surface area contributed by atoms with Crippen molar-refractivity contribution in [1.29, 1.82) is 0 Å². The highest BCUT2D eigenvalue weighted by atomic mass is 15.0. The summed E-state index contributed by atoms with van der Waals surface area (Å²) in [5.74, 6) is 2.11. The summed E-state index contributed by atoms with van der Waals surface area (Å²) >= 11 is 0. The first-order chi connectivity index (χ1) is 6.74. The number of H-pyrrole nitrogens is 1. The van der Waals surface area contributed by atoms with E-state index < -0.39 is 0 Å². The first-order valence-corrected chi connectivity index (χ1v) is 4.66. The Labute approximate surface area is 84.0 Å². The second-order valence-corrected chi connectivity index (χ2v) is 2.97. The largest absolute Gasteiger partial charge is 0.349 e. The lowest BCUT2D eigenvalue weighted by molar-refractivity contribution is 0.858. The highest BCUT2D eigenvalue weighted by Crippen LogP contribution is 1.87. The van der Waals surface area contributed by atoms with Gasteiger partial charge in [-0.05, 0) is 6.92 Å². The molecule has 0 spiro atoms. The van der Waals surface area contributed by atoms with Gasteiger partial charge in [-0.25, -0.2) is 9.97 Å². The number of nitrogens with zero attached hydrogens (tertiary/aromatic N) is 3. The highest BCUT2D eigenvalue weighted by molar-refractivity contribution is 4.86. The Hall–Kier alpha value is -1.58. The molecule has 0 radical (unpaired) electrons. The van der Waals surface area contributed by atoms with Gasteiger partial charge in [-0.2, -0.15) is 0 Å². The van der Waals surface area contributed by atoms with Crippen LogP contribution >= 0.6 is 0 Å². The molecule has 2 heterocycles. The topological polar surface area (TPSA) is 46.5 Å². The van der Waals surface area contributed by atoms with Gasteiger partial charge in [0, 0.05) is 38.3 Å². The number of aromatic nitrogens is 4. The molecule has 2 aromatic rings. The van der Waals surface area contributed by atoms with Crippen molar-refractivity contribution >= 4 is 0 Å². The van der Waals surface area contributed by atoms with E-state index in [9.17, 15) is 0 Å². The SMILES string of the molecule is CCc1ncc[nH]1.Cc1nccn1C. The van der Waals surface area contributed by atoms with Crippen molar-refractivity contribution in [3.63, 3.8) is 0 Å². The van der Waals surface area contributed by atoms with Crippen LogP contribution in [-0.2, 0) is 13.5 Å². The fraction of sp³-hybridized carbons (Fsp3) is 0.400. The Morgan fingerprint density at radius 3 is 2.36 bits per heavy atom. The molecule has 0 aliphatic rings. The zero-order valence-corrected chi connectivity index (χ0v) is 8.86. The van der Waals surface area contributed by atoms with Gasteiger partial charge in [0.05, 0.1) is 0 Å². The van der Waals surface area contributed by atoms with Crippen LogP contribution in [0.1, 0.15) is 18.6 Å². The Bertz CT molecular complexity index is 331. The minimum absolute atomic E-state index is 0.993. The van der Waals surface area contributed by atoms with Crippen LogP contribution in [0.4, 0.5) is 0 Å². The fourth-order valence-corrected chi connectivity index (χ4v) is 0.931. The van der Waals surface area contributed by atoms with Crippen molar-refractivity contribution in [2.24, 2.45) is 7.05 Å². The Balaban J connectivity index is 0.000000140. The lowest BCUT2D eigenvalue weighted by atomic mass is 10.5. The van der Waals surface area contributed by atoms with Gasteiger partial charge in [-0.1, -0.05) is 6.92 Å². The molecule has 0 bridgehead atoms. The Kier molecular flexibility index (Phi) is 3.91. The van der Waals surface area contributed by atoms with Gasteiger partial charge in [-0.15, -0.1) is 0 Å². The Morgan fingerprint density at radius 1 is 1.36 bits per heavy atom. The van der Waals surface area contributed by atoms with Crippen molar-refractivity contribution in [3.8, 4) is 0 Å². The summed E-state index contributed by atoms with van der Waals surface area (Å²) in [4.78, 5) is 10.9. The highest BCUT2D eigenvalue weighted by Gasteiger charge is 1.84. The third-order valence-electron chi connectivity index (χ3n) is 1.95. The molecule has 1 N–H and O–H groups in total. The minimum Gasteiger partial charge on any atom is -0.349 e. The Morgan fingerprint density at radius 2 is 2.14 bits per heavy atom. The first kappa shape index (κ1) is 10.5. The van der Waals surface area contributed by atoms with E-state index in [4.69, 9.17) is 0 Å². The average molecular weight is 192 g/mol. The molecule has 0 saturated carbocycles. The maximum Gasteiger partial charge on any atom is 0.105 e. The summed E-state index contributed by atoms with van der Waals surface area (Å²) in [6, 6.07) is 0. The maximum absolute atomic E-state index is 3.98. The molecule has 0 atom stereocenters. The quantitative estimate of drug-likeness (QED) is 0.747. The predicted octanol–water partition coefficient (Wildman–Crippen LogP) is 1.70. The average Bonchev–Trinajstić information content (AvgIpc) is 2.80. The number of imidazole rings is 2. The van der Waals surface area contributed by atoms with Crippen molar-refractivity contribution in [2.45, 2.75) is 20.3 Å². The number of hydrogen-bond donors (Lipinski definition) is 1. The lowest BCUT2D eigenvalue weighted by Gasteiger charge is -1.87. The van der Waals surface area contributed by atoms with Gasteiger partial charge in [0.25, 0.3) is 0 Å². The van der Waals surface area contributed by atoms with Crippen molar-refractivity contribution < 1.29 is 0 Å². The molecule has 0 unspecified atom stereocenters. The van der Waals surface area contributed by atoms with Crippen LogP contribution in [0.15, 0.2) is 24.8 Å². The van der Waals surface area contributed by atoms with E-state index in [1.54, 1.807) is 12.4 Å². The lowest BCUT2D eigenvalue weighted by Crippen LogP contribution is -1.86. The van der Waals surface area contributed by atoms with Gasteiger partial charge in [-0.3, -0.25) is 0 Å². The first-order valence-electron chi connectivity index (χ1n) is 4.66. The molecule has 4 heteroatoms. The van der Waals surface area contributed by atoms with E-state index in [1.165, 1.54) is 0 Å². The van der Waals surface area contributed by atoms with Crippen LogP contribution in [0.25, 0.3) is 0 Å². The number of hydrogen-bond acceptors (Lipinski definition) is 2. The molecule has 0 aliphatic carbocycles. The summed E-state index contributed by atoms with van der Waals surface area (Å²) < 4.78 is 1.97. The standard InChI is InChI=1S/2C5H8N2/c1-5-6-3-4-7(5)2;1-2-5-6-3-4-7-5/h3-4H,1-2H3;3-4H,2H2,1H3,(H,6,7). The van der Waals surface area contributed by atoms with Gasteiger partial charge in [0.1, 0.15) is 11.6 Å². The molecular formula is C10H16N4. The molecule has 0 aliphatic heterocycles. The smallest absolute Gasteiger partial charge is 0.105 e. The molecule has 0 aromatic carbocycles. The van der Waals surface area contributed by atoms with Gasteiger partial charge >= 0.3 is 0 Å². The second kappa shape index (κ2) is 5.21. The van der Waals surface area contributed by atoms with Gasteiger partial charge in [0.2, 0.25) is 0 Å². The molecule has 0 fully saturated rings. The monoisotopic (exact) mass is 192 g/mol. The third kappa shape index (κ3) is 3.05. The normalized spacial score (nSPS) is 9.36. The number of aromatic amines is 1. The molecule has 2 aromatic heterocycles. The van der Waals surface area contributed by atoms with Gasteiger partial charge < -0.3 is 9.55 Å². The van der Waals surface area contributed by atoms with Crippen LogP contribution < -0.4 is 0 Å².